The van der Waals surface area contributed by atoms with Crippen molar-refractivity contribution < 1.29 is 18.6 Å². The van der Waals surface area contributed by atoms with Gasteiger partial charge in [-0.05, 0) is 28.1 Å². The minimum absolute atomic E-state index is 0.221. The SMILES string of the molecule is OCc1ccc(Br)c(OC(F)F)n1. The molecule has 1 rings (SSSR count). The number of hydrogen-bond acceptors (Lipinski definition) is 3. The second-order valence-corrected chi connectivity index (χ2v) is 2.98. The third kappa shape index (κ3) is 2.89. The highest BCUT2D eigenvalue weighted by Crippen LogP contribution is 2.23. The molecule has 0 amide bonds. The number of aliphatic hydroxyl groups is 1. The van der Waals surface area contributed by atoms with Crippen molar-refractivity contribution >= 4 is 15.9 Å². The van der Waals surface area contributed by atoms with E-state index < -0.39 is 6.61 Å². The normalized spacial score (nSPS) is 10.5. The first kappa shape index (κ1) is 10.3. The van der Waals surface area contributed by atoms with Crippen molar-refractivity contribution in [3.8, 4) is 5.88 Å². The third-order valence-electron chi connectivity index (χ3n) is 1.23. The molecular formula is C7H6BrF2NO2. The molecule has 0 spiro atoms. The molecule has 0 radical (unpaired) electrons. The summed E-state index contributed by atoms with van der Waals surface area (Å²) in [6, 6.07) is 2.98. The summed E-state index contributed by atoms with van der Waals surface area (Å²) in [5.41, 5.74) is 0.277. The lowest BCUT2D eigenvalue weighted by atomic mass is 10.4. The third-order valence-corrected chi connectivity index (χ3v) is 1.84. The van der Waals surface area contributed by atoms with Gasteiger partial charge in [0.25, 0.3) is 0 Å². The van der Waals surface area contributed by atoms with Crippen LogP contribution in [0.2, 0.25) is 0 Å². The lowest BCUT2D eigenvalue weighted by Crippen LogP contribution is -2.05. The first-order valence-corrected chi connectivity index (χ1v) is 4.14. The number of nitrogens with zero attached hydrogens (tertiary/aromatic N) is 1. The van der Waals surface area contributed by atoms with E-state index in [2.05, 4.69) is 25.7 Å². The smallest absolute Gasteiger partial charge is 0.388 e. The molecule has 1 aromatic heterocycles. The van der Waals surface area contributed by atoms with E-state index in [1.54, 1.807) is 0 Å². The standard InChI is InChI=1S/C7H6BrF2NO2/c8-5-2-1-4(3-12)11-6(5)13-7(9)10/h1-2,7,12H,3H2. The zero-order valence-corrected chi connectivity index (χ0v) is 7.96. The maximum atomic E-state index is 11.8. The molecule has 0 unspecified atom stereocenters. The molecular weight excluding hydrogens is 248 g/mol. The molecule has 0 aliphatic heterocycles. The van der Waals surface area contributed by atoms with Crippen LogP contribution < -0.4 is 4.74 Å². The second-order valence-electron chi connectivity index (χ2n) is 2.13. The summed E-state index contributed by atoms with van der Waals surface area (Å²) in [6.45, 7) is -3.23. The van der Waals surface area contributed by atoms with Crippen LogP contribution in [-0.4, -0.2) is 16.7 Å². The topological polar surface area (TPSA) is 42.4 Å². The molecule has 0 bridgehead atoms. The van der Waals surface area contributed by atoms with Gasteiger partial charge in [0.15, 0.2) is 0 Å². The van der Waals surface area contributed by atoms with E-state index >= 15 is 0 Å². The number of aliphatic hydroxyl groups excluding tert-OH is 1. The quantitative estimate of drug-likeness (QED) is 0.896. The molecule has 1 N–H and O–H groups in total. The van der Waals surface area contributed by atoms with Crippen molar-refractivity contribution in [1.29, 1.82) is 0 Å². The largest absolute Gasteiger partial charge is 0.416 e. The highest BCUT2D eigenvalue weighted by atomic mass is 79.9. The molecule has 3 nitrogen and oxygen atoms in total. The van der Waals surface area contributed by atoms with Crippen LogP contribution in [0.1, 0.15) is 5.69 Å². The minimum atomic E-state index is -2.92. The number of aromatic nitrogens is 1. The Balaban J connectivity index is 2.90. The molecule has 0 aliphatic rings. The van der Waals surface area contributed by atoms with Crippen LogP contribution in [-0.2, 0) is 6.61 Å². The van der Waals surface area contributed by atoms with Crippen LogP contribution in [0.25, 0.3) is 0 Å². The summed E-state index contributed by atoms with van der Waals surface area (Å²) in [6.07, 6.45) is 0. The Morgan fingerprint density at radius 1 is 1.54 bits per heavy atom. The molecule has 1 heterocycles. The lowest BCUT2D eigenvalue weighted by Gasteiger charge is -2.06. The molecule has 13 heavy (non-hydrogen) atoms. The van der Waals surface area contributed by atoms with Crippen molar-refractivity contribution in [3.05, 3.63) is 22.3 Å². The van der Waals surface area contributed by atoms with E-state index in [0.717, 1.165) is 0 Å². The fourth-order valence-corrected chi connectivity index (χ4v) is 1.03. The Bertz CT molecular complexity index is 296. The monoisotopic (exact) mass is 253 g/mol. The zero-order chi connectivity index (χ0) is 9.84. The summed E-state index contributed by atoms with van der Waals surface area (Å²) < 4.78 is 28.0. The number of alkyl halides is 2. The summed E-state index contributed by atoms with van der Waals surface area (Å²) in [5.74, 6) is -0.221. The maximum absolute atomic E-state index is 11.8. The average molecular weight is 254 g/mol. The highest BCUT2D eigenvalue weighted by molar-refractivity contribution is 9.10. The van der Waals surface area contributed by atoms with Crippen molar-refractivity contribution in [1.82, 2.24) is 4.98 Å². The van der Waals surface area contributed by atoms with Crippen LogP contribution >= 0.6 is 15.9 Å². The van der Waals surface area contributed by atoms with Crippen LogP contribution in [0.3, 0.4) is 0 Å². The number of halogens is 3. The van der Waals surface area contributed by atoms with Crippen LogP contribution in [0.5, 0.6) is 5.88 Å². The van der Waals surface area contributed by atoms with Crippen LogP contribution in [0.4, 0.5) is 8.78 Å². The molecule has 6 heteroatoms. The van der Waals surface area contributed by atoms with E-state index in [1.165, 1.54) is 12.1 Å². The van der Waals surface area contributed by atoms with Gasteiger partial charge in [-0.25, -0.2) is 4.98 Å². The van der Waals surface area contributed by atoms with Crippen LogP contribution in [0.15, 0.2) is 16.6 Å². The molecule has 0 saturated heterocycles. The summed E-state index contributed by atoms with van der Waals surface area (Å²) in [5, 5.41) is 8.67. The number of ether oxygens (including phenoxy) is 1. The van der Waals surface area contributed by atoms with Crippen molar-refractivity contribution in [2.75, 3.05) is 0 Å². The van der Waals surface area contributed by atoms with Gasteiger partial charge in [-0.15, -0.1) is 0 Å². The van der Waals surface area contributed by atoms with Gasteiger partial charge in [0.2, 0.25) is 5.88 Å². The number of rotatable bonds is 3. The van der Waals surface area contributed by atoms with Crippen LogP contribution in [0, 0.1) is 0 Å². The summed E-state index contributed by atoms with van der Waals surface area (Å²) in [4.78, 5) is 3.63. The van der Waals surface area contributed by atoms with E-state index in [0.29, 0.717) is 4.47 Å². The molecule has 0 aromatic carbocycles. The second kappa shape index (κ2) is 4.48. The average Bonchev–Trinajstić information content (AvgIpc) is 2.08. The van der Waals surface area contributed by atoms with Gasteiger partial charge in [0.1, 0.15) is 0 Å². The minimum Gasteiger partial charge on any atom is -0.416 e. The Morgan fingerprint density at radius 2 is 2.23 bits per heavy atom. The summed E-state index contributed by atoms with van der Waals surface area (Å²) in [7, 11) is 0. The predicted octanol–water partition coefficient (Wildman–Crippen LogP) is 1.94. The van der Waals surface area contributed by atoms with E-state index in [-0.39, 0.29) is 18.2 Å². The number of hydrogen-bond donors (Lipinski definition) is 1. The first-order valence-electron chi connectivity index (χ1n) is 3.34. The molecule has 72 valence electrons. The Morgan fingerprint density at radius 3 is 2.77 bits per heavy atom. The fraction of sp³-hybridized carbons (Fsp3) is 0.286. The van der Waals surface area contributed by atoms with E-state index in [9.17, 15) is 8.78 Å². The van der Waals surface area contributed by atoms with Gasteiger partial charge >= 0.3 is 6.61 Å². The fourth-order valence-electron chi connectivity index (χ4n) is 0.717. The molecule has 0 aliphatic carbocycles. The van der Waals surface area contributed by atoms with Gasteiger partial charge in [0.05, 0.1) is 16.8 Å². The zero-order valence-electron chi connectivity index (χ0n) is 6.38. The van der Waals surface area contributed by atoms with Gasteiger partial charge < -0.3 is 9.84 Å². The summed E-state index contributed by atoms with van der Waals surface area (Å²) >= 11 is 2.99. The predicted molar refractivity (Wildman–Crippen MR) is 44.5 cm³/mol. The van der Waals surface area contributed by atoms with Gasteiger partial charge in [-0.1, -0.05) is 0 Å². The molecule has 0 atom stereocenters. The highest BCUT2D eigenvalue weighted by Gasteiger charge is 2.10. The Hall–Kier alpha value is -0.750. The lowest BCUT2D eigenvalue weighted by molar-refractivity contribution is -0.0536. The molecule has 0 saturated carbocycles. The van der Waals surface area contributed by atoms with Gasteiger partial charge in [-0.2, -0.15) is 8.78 Å². The van der Waals surface area contributed by atoms with Gasteiger partial charge in [-0.3, -0.25) is 0 Å². The van der Waals surface area contributed by atoms with Crippen molar-refractivity contribution in [2.45, 2.75) is 13.2 Å². The van der Waals surface area contributed by atoms with E-state index in [1.807, 2.05) is 0 Å². The maximum Gasteiger partial charge on any atom is 0.388 e. The van der Waals surface area contributed by atoms with Crippen molar-refractivity contribution in [2.24, 2.45) is 0 Å². The number of pyridine rings is 1. The molecule has 1 aromatic rings. The van der Waals surface area contributed by atoms with E-state index in [4.69, 9.17) is 5.11 Å². The molecule has 0 fully saturated rings. The van der Waals surface area contributed by atoms with Crippen molar-refractivity contribution in [3.63, 3.8) is 0 Å². The van der Waals surface area contributed by atoms with Gasteiger partial charge in [0, 0.05) is 0 Å². The Kier molecular flexibility index (Phi) is 3.56. The first-order chi connectivity index (χ1) is 6.13. The Labute approximate surface area is 81.5 Å².